The van der Waals surface area contributed by atoms with E-state index in [2.05, 4.69) is 28.5 Å². The summed E-state index contributed by atoms with van der Waals surface area (Å²) < 4.78 is 5.63. The van der Waals surface area contributed by atoms with Crippen molar-refractivity contribution in [2.45, 2.75) is 6.42 Å². The van der Waals surface area contributed by atoms with Crippen molar-refractivity contribution in [3.8, 4) is 6.07 Å². The van der Waals surface area contributed by atoms with Crippen LogP contribution in [0.25, 0.3) is 12.2 Å². The van der Waals surface area contributed by atoms with Crippen molar-refractivity contribution in [3.05, 3.63) is 83.4 Å². The minimum Gasteiger partial charge on any atom is -0.420 e. The van der Waals surface area contributed by atoms with Gasteiger partial charge < -0.3 is 9.73 Å². The lowest BCUT2D eigenvalue weighted by Gasteiger charge is -2.02. The van der Waals surface area contributed by atoms with Crippen molar-refractivity contribution in [1.29, 1.82) is 5.26 Å². The van der Waals surface area contributed by atoms with Crippen LogP contribution in [0.15, 0.2) is 65.1 Å². The zero-order valence-electron chi connectivity index (χ0n) is 13.1. The van der Waals surface area contributed by atoms with Crippen LogP contribution in [0, 0.1) is 11.3 Å². The van der Waals surface area contributed by atoms with Crippen LogP contribution in [-0.2, 0) is 6.42 Å². The van der Waals surface area contributed by atoms with E-state index in [0.717, 1.165) is 12.0 Å². The summed E-state index contributed by atoms with van der Waals surface area (Å²) in [5, 5.41) is 12.3. The van der Waals surface area contributed by atoms with Crippen LogP contribution in [-0.4, -0.2) is 11.5 Å². The molecule has 24 heavy (non-hydrogen) atoms. The van der Waals surface area contributed by atoms with Gasteiger partial charge in [-0.15, -0.1) is 0 Å². The van der Waals surface area contributed by atoms with Crippen molar-refractivity contribution < 1.29 is 4.42 Å². The highest BCUT2D eigenvalue weighted by molar-refractivity contribution is 5.67. The highest BCUT2D eigenvalue weighted by atomic mass is 16.4. The average Bonchev–Trinajstić information content (AvgIpc) is 3.04. The molecule has 0 saturated carbocycles. The number of nitrogens with zero attached hydrogens (tertiary/aromatic N) is 2. The molecule has 0 amide bonds. The van der Waals surface area contributed by atoms with E-state index in [1.165, 1.54) is 5.56 Å². The number of aromatic nitrogens is 1. The minimum absolute atomic E-state index is 0.274. The maximum atomic E-state index is 9.20. The normalized spacial score (nSPS) is 10.6. The molecule has 0 aliphatic rings. The molecule has 0 fully saturated rings. The molecule has 0 atom stereocenters. The van der Waals surface area contributed by atoms with Gasteiger partial charge in [0.15, 0.2) is 0 Å². The predicted molar refractivity (Wildman–Crippen MR) is 95.2 cm³/mol. The van der Waals surface area contributed by atoms with Crippen LogP contribution in [0.5, 0.6) is 0 Å². The SMILES string of the molecule is N#Cc1nc(/C=C/c2ccccc2)oc1NCCc1ccccc1. The van der Waals surface area contributed by atoms with Crippen molar-refractivity contribution >= 4 is 18.0 Å². The van der Waals surface area contributed by atoms with Crippen molar-refractivity contribution in [1.82, 2.24) is 4.98 Å². The van der Waals surface area contributed by atoms with E-state index in [9.17, 15) is 5.26 Å². The molecular weight excluding hydrogens is 298 g/mol. The third-order valence-electron chi connectivity index (χ3n) is 3.51. The Labute approximate surface area is 141 Å². The Morgan fingerprint density at radius 3 is 2.42 bits per heavy atom. The van der Waals surface area contributed by atoms with Gasteiger partial charge in [-0.25, -0.2) is 0 Å². The summed E-state index contributed by atoms with van der Waals surface area (Å²) in [6.07, 6.45) is 4.51. The Morgan fingerprint density at radius 1 is 1.00 bits per heavy atom. The molecule has 0 bridgehead atoms. The number of nitrogens with one attached hydrogen (secondary N) is 1. The molecule has 0 saturated heterocycles. The Kier molecular flexibility index (Phi) is 5.06. The maximum absolute atomic E-state index is 9.20. The third kappa shape index (κ3) is 4.11. The summed E-state index contributed by atoms with van der Waals surface area (Å²) in [6, 6.07) is 22.1. The smallest absolute Gasteiger partial charge is 0.232 e. The minimum atomic E-state index is 0.274. The van der Waals surface area contributed by atoms with E-state index in [4.69, 9.17) is 4.42 Å². The van der Waals surface area contributed by atoms with Crippen molar-refractivity contribution in [2.75, 3.05) is 11.9 Å². The second kappa shape index (κ2) is 7.80. The van der Waals surface area contributed by atoms with Crippen molar-refractivity contribution in [2.24, 2.45) is 0 Å². The third-order valence-corrected chi connectivity index (χ3v) is 3.51. The first kappa shape index (κ1) is 15.6. The first-order chi connectivity index (χ1) is 11.8. The monoisotopic (exact) mass is 315 g/mol. The van der Waals surface area contributed by atoms with Crippen LogP contribution in [0.3, 0.4) is 0 Å². The topological polar surface area (TPSA) is 61.9 Å². The van der Waals surface area contributed by atoms with Gasteiger partial charge in [-0.3, -0.25) is 0 Å². The van der Waals surface area contributed by atoms with Crippen LogP contribution < -0.4 is 5.32 Å². The number of nitriles is 1. The number of rotatable bonds is 6. The summed E-state index contributed by atoms with van der Waals surface area (Å²) in [4.78, 5) is 4.19. The van der Waals surface area contributed by atoms with Gasteiger partial charge in [0.05, 0.1) is 0 Å². The number of hydrogen-bond donors (Lipinski definition) is 1. The van der Waals surface area contributed by atoms with E-state index in [1.54, 1.807) is 6.08 Å². The molecule has 1 N–H and O–H groups in total. The van der Waals surface area contributed by atoms with Crippen molar-refractivity contribution in [3.63, 3.8) is 0 Å². The van der Waals surface area contributed by atoms with Crippen LogP contribution >= 0.6 is 0 Å². The molecule has 0 radical (unpaired) electrons. The molecule has 0 unspecified atom stereocenters. The van der Waals surface area contributed by atoms with E-state index in [1.807, 2.05) is 54.6 Å². The molecule has 1 heterocycles. The lowest BCUT2D eigenvalue weighted by Crippen LogP contribution is -2.05. The molecular formula is C20H17N3O. The standard InChI is InChI=1S/C20H17N3O/c21-15-18-20(22-14-13-17-9-5-2-6-10-17)24-19(23-18)12-11-16-7-3-1-4-8-16/h1-12,22H,13-14H2/b12-11+. The van der Waals surface area contributed by atoms with Gasteiger partial charge in [-0.1, -0.05) is 60.7 Å². The lowest BCUT2D eigenvalue weighted by atomic mass is 10.1. The zero-order chi connectivity index (χ0) is 16.6. The van der Waals surface area contributed by atoms with Gasteiger partial charge in [0.25, 0.3) is 0 Å². The molecule has 4 heteroatoms. The summed E-state index contributed by atoms with van der Waals surface area (Å²) in [5.41, 5.74) is 2.55. The molecule has 1 aromatic heterocycles. The zero-order valence-corrected chi connectivity index (χ0v) is 13.1. The number of hydrogen-bond acceptors (Lipinski definition) is 4. The quantitative estimate of drug-likeness (QED) is 0.733. The summed E-state index contributed by atoms with van der Waals surface area (Å²) in [6.45, 7) is 0.676. The predicted octanol–water partition coefficient (Wildman–Crippen LogP) is 4.37. The number of anilines is 1. The van der Waals surface area contributed by atoms with Gasteiger partial charge in [0.2, 0.25) is 17.5 Å². The highest BCUT2D eigenvalue weighted by Gasteiger charge is 2.10. The van der Waals surface area contributed by atoms with Gasteiger partial charge in [-0.2, -0.15) is 10.2 Å². The second-order valence-electron chi connectivity index (χ2n) is 5.25. The molecule has 0 spiro atoms. The van der Waals surface area contributed by atoms with E-state index in [-0.39, 0.29) is 5.69 Å². The highest BCUT2D eigenvalue weighted by Crippen LogP contribution is 2.18. The fourth-order valence-corrected chi connectivity index (χ4v) is 2.30. The van der Waals surface area contributed by atoms with E-state index in [0.29, 0.717) is 18.3 Å². The number of oxazole rings is 1. The fourth-order valence-electron chi connectivity index (χ4n) is 2.30. The van der Waals surface area contributed by atoms with Gasteiger partial charge in [-0.05, 0) is 23.6 Å². The Morgan fingerprint density at radius 2 is 1.71 bits per heavy atom. The van der Waals surface area contributed by atoms with E-state index >= 15 is 0 Å². The lowest BCUT2D eigenvalue weighted by molar-refractivity contribution is 0.558. The molecule has 3 aromatic rings. The fraction of sp³-hybridized carbons (Fsp3) is 0.100. The summed E-state index contributed by atoms with van der Waals surface area (Å²) >= 11 is 0. The molecule has 2 aromatic carbocycles. The molecule has 4 nitrogen and oxygen atoms in total. The Bertz CT molecular complexity index is 846. The summed E-state index contributed by atoms with van der Waals surface area (Å²) in [5.74, 6) is 0.832. The molecule has 118 valence electrons. The molecule has 3 rings (SSSR count). The Hall–Kier alpha value is -3.32. The number of benzene rings is 2. The van der Waals surface area contributed by atoms with Gasteiger partial charge in [0.1, 0.15) is 6.07 Å². The van der Waals surface area contributed by atoms with Gasteiger partial charge in [0, 0.05) is 12.6 Å². The largest absolute Gasteiger partial charge is 0.420 e. The first-order valence-electron chi connectivity index (χ1n) is 7.77. The summed E-state index contributed by atoms with van der Waals surface area (Å²) in [7, 11) is 0. The molecule has 0 aliphatic carbocycles. The average molecular weight is 315 g/mol. The van der Waals surface area contributed by atoms with Crippen LogP contribution in [0.1, 0.15) is 22.7 Å². The maximum Gasteiger partial charge on any atom is 0.232 e. The van der Waals surface area contributed by atoms with E-state index < -0.39 is 0 Å². The molecule has 0 aliphatic heterocycles. The first-order valence-corrected chi connectivity index (χ1v) is 7.77. The van der Waals surface area contributed by atoms with Crippen LogP contribution in [0.4, 0.5) is 5.88 Å². The Balaban J connectivity index is 1.65. The second-order valence-corrected chi connectivity index (χ2v) is 5.25. The van der Waals surface area contributed by atoms with Crippen LogP contribution in [0.2, 0.25) is 0 Å². The van der Waals surface area contributed by atoms with Gasteiger partial charge >= 0.3 is 0 Å².